The van der Waals surface area contributed by atoms with E-state index >= 15 is 0 Å². The van der Waals surface area contributed by atoms with Gasteiger partial charge in [0.25, 0.3) is 0 Å². The third-order valence-electron chi connectivity index (χ3n) is 3.32. The Bertz CT molecular complexity index is 464. The fraction of sp³-hybridized carbons (Fsp3) is 0.545. The average molecular weight is 252 g/mol. The van der Waals surface area contributed by atoms with Crippen molar-refractivity contribution in [3.8, 4) is 0 Å². The summed E-state index contributed by atoms with van der Waals surface area (Å²) in [6.07, 6.45) is 0.529. The molecule has 1 saturated heterocycles. The Kier molecular flexibility index (Phi) is 3.33. The van der Waals surface area contributed by atoms with Crippen LogP contribution in [-0.2, 0) is 0 Å². The van der Waals surface area contributed by atoms with E-state index in [-0.39, 0.29) is 23.5 Å². The van der Waals surface area contributed by atoms with Gasteiger partial charge in [-0.2, -0.15) is 0 Å². The van der Waals surface area contributed by atoms with Gasteiger partial charge in [-0.1, -0.05) is 0 Å². The van der Waals surface area contributed by atoms with Gasteiger partial charge in [-0.05, 0) is 19.4 Å². The summed E-state index contributed by atoms with van der Waals surface area (Å²) in [5, 5.41) is 20.2. The number of anilines is 2. The minimum atomic E-state index is -0.547. The molecule has 0 aromatic carbocycles. The van der Waals surface area contributed by atoms with Crippen LogP contribution in [0.5, 0.6) is 0 Å². The first-order valence-corrected chi connectivity index (χ1v) is 5.83. The van der Waals surface area contributed by atoms with Crippen molar-refractivity contribution in [3.05, 3.63) is 22.2 Å². The summed E-state index contributed by atoms with van der Waals surface area (Å²) >= 11 is 0. The molecule has 2 heterocycles. The lowest BCUT2D eigenvalue weighted by atomic mass is 10.0. The summed E-state index contributed by atoms with van der Waals surface area (Å²) in [6.45, 7) is 3.24. The van der Waals surface area contributed by atoms with Gasteiger partial charge in [-0.25, -0.2) is 4.98 Å². The summed E-state index contributed by atoms with van der Waals surface area (Å²) in [5.41, 5.74) is 5.38. The largest absolute Gasteiger partial charge is 0.393 e. The van der Waals surface area contributed by atoms with E-state index in [1.807, 2.05) is 4.90 Å². The Balaban J connectivity index is 2.16. The lowest BCUT2D eigenvalue weighted by molar-refractivity contribution is -0.384. The van der Waals surface area contributed by atoms with Crippen LogP contribution < -0.4 is 10.6 Å². The Morgan fingerprint density at radius 3 is 2.89 bits per heavy atom. The van der Waals surface area contributed by atoms with Crippen molar-refractivity contribution in [2.24, 2.45) is 5.92 Å². The molecule has 98 valence electrons. The van der Waals surface area contributed by atoms with Crippen LogP contribution in [0.3, 0.4) is 0 Å². The summed E-state index contributed by atoms with van der Waals surface area (Å²) in [5.74, 6) is 0.766. The molecule has 1 aromatic rings. The van der Waals surface area contributed by atoms with E-state index in [1.165, 1.54) is 6.07 Å². The number of nitrogen functional groups attached to an aromatic ring is 1. The normalized spacial score (nSPS) is 21.0. The smallest absolute Gasteiger partial charge is 0.311 e. The maximum absolute atomic E-state index is 10.6. The zero-order chi connectivity index (χ0) is 13.3. The molecule has 7 heteroatoms. The number of aliphatic hydroxyl groups excluding tert-OH is 1. The van der Waals surface area contributed by atoms with E-state index in [0.29, 0.717) is 12.4 Å². The molecule has 2 unspecified atom stereocenters. The number of hydrogen-bond donors (Lipinski definition) is 2. The predicted molar refractivity (Wildman–Crippen MR) is 67.3 cm³/mol. The predicted octanol–water partition coefficient (Wildman–Crippen LogP) is 0.779. The maximum Gasteiger partial charge on any atom is 0.311 e. The molecule has 2 atom stereocenters. The lowest BCUT2D eigenvalue weighted by Gasteiger charge is -2.18. The van der Waals surface area contributed by atoms with Gasteiger partial charge < -0.3 is 15.7 Å². The van der Waals surface area contributed by atoms with Crippen LogP contribution in [0.4, 0.5) is 17.3 Å². The highest BCUT2D eigenvalue weighted by atomic mass is 16.6. The van der Waals surface area contributed by atoms with Crippen LogP contribution in [0, 0.1) is 16.0 Å². The van der Waals surface area contributed by atoms with Crippen molar-refractivity contribution in [3.63, 3.8) is 0 Å². The average Bonchev–Trinajstić information content (AvgIpc) is 2.77. The first-order valence-electron chi connectivity index (χ1n) is 5.83. The van der Waals surface area contributed by atoms with Gasteiger partial charge in [0.1, 0.15) is 5.82 Å². The zero-order valence-corrected chi connectivity index (χ0v) is 10.1. The third kappa shape index (κ3) is 2.35. The Hall–Kier alpha value is -1.89. The third-order valence-corrected chi connectivity index (χ3v) is 3.32. The highest BCUT2D eigenvalue weighted by Crippen LogP contribution is 2.28. The Morgan fingerprint density at radius 1 is 1.67 bits per heavy atom. The number of aliphatic hydroxyl groups is 1. The van der Waals surface area contributed by atoms with Gasteiger partial charge >= 0.3 is 5.69 Å². The topological polar surface area (TPSA) is 106 Å². The molecule has 18 heavy (non-hydrogen) atoms. The van der Waals surface area contributed by atoms with Crippen LogP contribution in [-0.4, -0.2) is 34.2 Å². The van der Waals surface area contributed by atoms with Crippen molar-refractivity contribution < 1.29 is 10.0 Å². The highest BCUT2D eigenvalue weighted by Gasteiger charge is 2.27. The SMILES string of the molecule is CC(O)C1CCN(c2ccc([N+](=O)[O-])c(N)n2)C1. The molecule has 0 bridgehead atoms. The van der Waals surface area contributed by atoms with Gasteiger partial charge in [0, 0.05) is 25.1 Å². The van der Waals surface area contributed by atoms with E-state index in [9.17, 15) is 15.2 Å². The molecule has 3 N–H and O–H groups in total. The summed E-state index contributed by atoms with van der Waals surface area (Å²) in [7, 11) is 0. The van der Waals surface area contributed by atoms with E-state index in [2.05, 4.69) is 4.98 Å². The highest BCUT2D eigenvalue weighted by molar-refractivity contribution is 5.58. The summed E-state index contributed by atoms with van der Waals surface area (Å²) < 4.78 is 0. The minimum absolute atomic E-state index is 0.0713. The molecule has 0 saturated carbocycles. The second-order valence-corrected chi connectivity index (χ2v) is 4.57. The number of nitrogens with zero attached hydrogens (tertiary/aromatic N) is 3. The van der Waals surface area contributed by atoms with Crippen molar-refractivity contribution in [2.75, 3.05) is 23.7 Å². The second kappa shape index (κ2) is 4.77. The molecule has 0 spiro atoms. The van der Waals surface area contributed by atoms with Gasteiger partial charge in [-0.15, -0.1) is 0 Å². The molecule has 1 fully saturated rings. The standard InChI is InChI=1S/C11H16N4O3/c1-7(16)8-4-5-14(6-8)10-3-2-9(15(17)18)11(12)13-10/h2-3,7-8,16H,4-6H2,1H3,(H2,12,13). The molecule has 1 aliphatic rings. The minimum Gasteiger partial charge on any atom is -0.393 e. The van der Waals surface area contributed by atoms with Crippen molar-refractivity contribution in [1.29, 1.82) is 0 Å². The Labute approximate surface area is 104 Å². The fourth-order valence-electron chi connectivity index (χ4n) is 2.18. The van der Waals surface area contributed by atoms with E-state index in [0.717, 1.165) is 13.0 Å². The first-order chi connectivity index (χ1) is 8.49. The number of pyridine rings is 1. The molecule has 0 aliphatic carbocycles. The van der Waals surface area contributed by atoms with Crippen LogP contribution >= 0.6 is 0 Å². The van der Waals surface area contributed by atoms with Crippen LogP contribution in [0.2, 0.25) is 0 Å². The maximum atomic E-state index is 10.6. The van der Waals surface area contributed by atoms with E-state index in [1.54, 1.807) is 13.0 Å². The van der Waals surface area contributed by atoms with E-state index < -0.39 is 4.92 Å². The second-order valence-electron chi connectivity index (χ2n) is 4.57. The van der Waals surface area contributed by atoms with Gasteiger partial charge in [-0.3, -0.25) is 10.1 Å². The number of nitro groups is 1. The van der Waals surface area contributed by atoms with Gasteiger partial charge in [0.05, 0.1) is 11.0 Å². The molecule has 0 radical (unpaired) electrons. The summed E-state index contributed by atoms with van der Waals surface area (Å²) in [6, 6.07) is 2.96. The van der Waals surface area contributed by atoms with Gasteiger partial charge in [0.2, 0.25) is 5.82 Å². The fourth-order valence-corrected chi connectivity index (χ4v) is 2.18. The van der Waals surface area contributed by atoms with Crippen LogP contribution in [0.1, 0.15) is 13.3 Å². The van der Waals surface area contributed by atoms with Crippen LogP contribution in [0.15, 0.2) is 12.1 Å². The molecule has 7 nitrogen and oxygen atoms in total. The van der Waals surface area contributed by atoms with Crippen molar-refractivity contribution in [1.82, 2.24) is 4.98 Å². The molecular formula is C11H16N4O3. The quantitative estimate of drug-likeness (QED) is 0.608. The number of rotatable bonds is 3. The first kappa shape index (κ1) is 12.6. The van der Waals surface area contributed by atoms with Crippen molar-refractivity contribution >= 4 is 17.3 Å². The molecule has 0 amide bonds. The number of nitrogens with two attached hydrogens (primary N) is 1. The summed E-state index contributed by atoms with van der Waals surface area (Å²) in [4.78, 5) is 16.1. The van der Waals surface area contributed by atoms with Crippen molar-refractivity contribution in [2.45, 2.75) is 19.4 Å². The molecule has 1 aromatic heterocycles. The number of hydrogen-bond acceptors (Lipinski definition) is 6. The monoisotopic (exact) mass is 252 g/mol. The van der Waals surface area contributed by atoms with Crippen LogP contribution in [0.25, 0.3) is 0 Å². The molecule has 1 aliphatic heterocycles. The number of aromatic nitrogens is 1. The lowest BCUT2D eigenvalue weighted by Crippen LogP contribution is -2.24. The Morgan fingerprint density at radius 2 is 2.39 bits per heavy atom. The van der Waals surface area contributed by atoms with Gasteiger partial charge in [0.15, 0.2) is 0 Å². The molecular weight excluding hydrogens is 236 g/mol. The zero-order valence-electron chi connectivity index (χ0n) is 10.1. The molecule has 2 rings (SSSR count). The van der Waals surface area contributed by atoms with E-state index in [4.69, 9.17) is 5.73 Å².